The molecule has 52 valence electrons. The molecule has 0 heterocycles. The summed E-state index contributed by atoms with van der Waals surface area (Å²) in [6, 6.07) is 0. The van der Waals surface area contributed by atoms with E-state index in [2.05, 4.69) is 11.2 Å². The fourth-order valence-electron chi connectivity index (χ4n) is 0.366. The molecule has 0 aromatic heterocycles. The minimum absolute atomic E-state index is 0.223. The molecule has 0 aliphatic carbocycles. The van der Waals surface area contributed by atoms with Gasteiger partial charge in [0.05, 0.1) is 12.6 Å². The zero-order valence-corrected chi connectivity index (χ0v) is 5.10. The lowest BCUT2D eigenvalue weighted by Crippen LogP contribution is -2.28. The molecule has 0 aromatic carbocycles. The van der Waals surface area contributed by atoms with Crippen LogP contribution in [0, 0.1) is 12.3 Å². The summed E-state index contributed by atoms with van der Waals surface area (Å²) < 4.78 is 11.5. The highest BCUT2D eigenvalue weighted by molar-refractivity contribution is 4.86. The van der Waals surface area contributed by atoms with Gasteiger partial charge in [0.15, 0.2) is 0 Å². The van der Waals surface area contributed by atoms with E-state index in [4.69, 9.17) is 11.5 Å². The van der Waals surface area contributed by atoms with Crippen molar-refractivity contribution in [1.29, 1.82) is 0 Å². The summed E-state index contributed by atoms with van der Waals surface area (Å²) in [6.45, 7) is -0.130. The molecule has 9 heavy (non-hydrogen) atoms. The van der Waals surface area contributed by atoms with Gasteiger partial charge in [0.1, 0.15) is 6.67 Å². The standard InChI is InChI=1S/C6H10FNO/c1-2-3-8-5-6(9)4-7/h1,6,8-9H,3-5H2. The van der Waals surface area contributed by atoms with Gasteiger partial charge in [-0.2, -0.15) is 0 Å². The van der Waals surface area contributed by atoms with Crippen LogP contribution in [0.5, 0.6) is 0 Å². The van der Waals surface area contributed by atoms with Crippen molar-refractivity contribution in [3.63, 3.8) is 0 Å². The van der Waals surface area contributed by atoms with E-state index < -0.39 is 12.8 Å². The first-order chi connectivity index (χ1) is 4.31. The Labute approximate surface area is 54.1 Å². The van der Waals surface area contributed by atoms with Crippen LogP contribution in [0.15, 0.2) is 0 Å². The molecule has 0 amide bonds. The first-order valence-corrected chi connectivity index (χ1v) is 2.69. The fraction of sp³-hybridized carbons (Fsp3) is 0.667. The number of aliphatic hydroxyl groups excluding tert-OH is 1. The van der Waals surface area contributed by atoms with E-state index in [0.717, 1.165) is 0 Å². The van der Waals surface area contributed by atoms with Crippen LogP contribution in [-0.2, 0) is 0 Å². The lowest BCUT2D eigenvalue weighted by molar-refractivity contribution is 0.139. The SMILES string of the molecule is C#CCNCC(O)CF. The van der Waals surface area contributed by atoms with Crippen molar-refractivity contribution in [2.75, 3.05) is 19.8 Å². The smallest absolute Gasteiger partial charge is 0.117 e. The van der Waals surface area contributed by atoms with E-state index in [1.54, 1.807) is 0 Å². The van der Waals surface area contributed by atoms with Crippen molar-refractivity contribution in [3.8, 4) is 12.3 Å². The van der Waals surface area contributed by atoms with E-state index in [-0.39, 0.29) is 6.54 Å². The molecule has 0 rings (SSSR count). The van der Waals surface area contributed by atoms with Crippen molar-refractivity contribution < 1.29 is 9.50 Å². The molecule has 1 atom stereocenters. The molecule has 0 aliphatic heterocycles. The van der Waals surface area contributed by atoms with Gasteiger partial charge in [-0.1, -0.05) is 5.92 Å². The second-order valence-corrected chi connectivity index (χ2v) is 1.64. The Morgan fingerprint density at radius 3 is 2.89 bits per heavy atom. The Kier molecular flexibility index (Phi) is 5.18. The second-order valence-electron chi connectivity index (χ2n) is 1.64. The van der Waals surface area contributed by atoms with Crippen molar-refractivity contribution in [2.45, 2.75) is 6.10 Å². The monoisotopic (exact) mass is 131 g/mol. The lowest BCUT2D eigenvalue weighted by Gasteiger charge is -2.03. The molecule has 0 radical (unpaired) electrons. The molecule has 0 fully saturated rings. The van der Waals surface area contributed by atoms with Gasteiger partial charge < -0.3 is 10.4 Å². The zero-order chi connectivity index (χ0) is 7.11. The van der Waals surface area contributed by atoms with Crippen LogP contribution < -0.4 is 5.32 Å². The lowest BCUT2D eigenvalue weighted by atomic mass is 10.4. The molecule has 2 N–H and O–H groups in total. The molecule has 0 aromatic rings. The highest BCUT2D eigenvalue weighted by Crippen LogP contribution is 1.79. The van der Waals surface area contributed by atoms with Crippen molar-refractivity contribution in [1.82, 2.24) is 5.32 Å². The second kappa shape index (κ2) is 5.54. The quantitative estimate of drug-likeness (QED) is 0.399. The number of hydrogen-bond donors (Lipinski definition) is 2. The number of terminal acetylenes is 1. The summed E-state index contributed by atoms with van der Waals surface area (Å²) in [5, 5.41) is 11.2. The minimum Gasteiger partial charge on any atom is -0.389 e. The first kappa shape index (κ1) is 8.41. The summed E-state index contributed by atoms with van der Waals surface area (Å²) in [7, 11) is 0. The summed E-state index contributed by atoms with van der Waals surface area (Å²) in [6.07, 6.45) is 3.95. The van der Waals surface area contributed by atoms with Crippen LogP contribution in [-0.4, -0.2) is 31.0 Å². The number of alkyl halides is 1. The summed E-state index contributed by atoms with van der Waals surface area (Å²) >= 11 is 0. The van der Waals surface area contributed by atoms with Crippen molar-refractivity contribution >= 4 is 0 Å². The molecule has 0 bridgehead atoms. The Hall–Kier alpha value is -0.590. The number of halogens is 1. The Bertz CT molecular complexity index is 99.7. The molecule has 3 heteroatoms. The minimum atomic E-state index is -0.918. The normalized spacial score (nSPS) is 12.6. The third-order valence-electron chi connectivity index (χ3n) is 0.785. The van der Waals surface area contributed by atoms with Crippen LogP contribution in [0.2, 0.25) is 0 Å². The summed E-state index contributed by atoms with van der Waals surface area (Å²) in [5.41, 5.74) is 0. The Balaban J connectivity index is 2.99. The van der Waals surface area contributed by atoms with Gasteiger partial charge in [0.25, 0.3) is 0 Å². The van der Waals surface area contributed by atoms with Crippen molar-refractivity contribution in [2.24, 2.45) is 0 Å². The zero-order valence-electron chi connectivity index (χ0n) is 5.10. The van der Waals surface area contributed by atoms with Gasteiger partial charge in [-0.05, 0) is 0 Å². The van der Waals surface area contributed by atoms with Crippen LogP contribution in [0.4, 0.5) is 4.39 Å². The number of aliphatic hydroxyl groups is 1. The topological polar surface area (TPSA) is 32.3 Å². The molecule has 0 aliphatic rings. The summed E-state index contributed by atoms with van der Waals surface area (Å²) in [4.78, 5) is 0. The van der Waals surface area contributed by atoms with Gasteiger partial charge >= 0.3 is 0 Å². The van der Waals surface area contributed by atoms with Gasteiger partial charge in [-0.3, -0.25) is 0 Å². The van der Waals surface area contributed by atoms with E-state index in [1.165, 1.54) is 0 Å². The highest BCUT2D eigenvalue weighted by atomic mass is 19.1. The van der Waals surface area contributed by atoms with Crippen LogP contribution in [0.1, 0.15) is 0 Å². The van der Waals surface area contributed by atoms with Crippen LogP contribution in [0.25, 0.3) is 0 Å². The maximum absolute atomic E-state index is 11.5. The van der Waals surface area contributed by atoms with Gasteiger partial charge in [0.2, 0.25) is 0 Å². The number of rotatable bonds is 4. The third kappa shape index (κ3) is 5.28. The fourth-order valence-corrected chi connectivity index (χ4v) is 0.366. The average molecular weight is 131 g/mol. The van der Waals surface area contributed by atoms with Gasteiger partial charge in [-0.15, -0.1) is 6.42 Å². The van der Waals surface area contributed by atoms with E-state index in [1.807, 2.05) is 0 Å². The predicted molar refractivity (Wildman–Crippen MR) is 33.7 cm³/mol. The molecule has 0 saturated carbocycles. The average Bonchev–Trinajstić information content (AvgIpc) is 1.89. The van der Waals surface area contributed by atoms with Crippen molar-refractivity contribution in [3.05, 3.63) is 0 Å². The maximum atomic E-state index is 11.5. The predicted octanol–water partition coefficient (Wildman–Crippen LogP) is -0.460. The van der Waals surface area contributed by atoms with Crippen LogP contribution in [0.3, 0.4) is 0 Å². The molecule has 0 spiro atoms. The maximum Gasteiger partial charge on any atom is 0.117 e. The van der Waals surface area contributed by atoms with Crippen LogP contribution >= 0.6 is 0 Å². The largest absolute Gasteiger partial charge is 0.389 e. The van der Waals surface area contributed by atoms with E-state index in [0.29, 0.717) is 6.54 Å². The molecular weight excluding hydrogens is 121 g/mol. The Morgan fingerprint density at radius 2 is 2.44 bits per heavy atom. The van der Waals surface area contributed by atoms with Gasteiger partial charge in [0, 0.05) is 6.54 Å². The Morgan fingerprint density at radius 1 is 1.78 bits per heavy atom. The number of nitrogens with one attached hydrogen (secondary N) is 1. The molecule has 1 unspecified atom stereocenters. The first-order valence-electron chi connectivity index (χ1n) is 2.69. The van der Waals surface area contributed by atoms with E-state index >= 15 is 0 Å². The van der Waals surface area contributed by atoms with E-state index in [9.17, 15) is 4.39 Å². The number of hydrogen-bond acceptors (Lipinski definition) is 2. The summed E-state index contributed by atoms with van der Waals surface area (Å²) in [5.74, 6) is 2.30. The third-order valence-corrected chi connectivity index (χ3v) is 0.785. The molecular formula is C6H10FNO. The molecule has 2 nitrogen and oxygen atoms in total. The van der Waals surface area contributed by atoms with Gasteiger partial charge in [-0.25, -0.2) is 4.39 Å². The highest BCUT2D eigenvalue weighted by Gasteiger charge is 1.98. The molecule has 0 saturated heterocycles.